The third-order valence-corrected chi connectivity index (χ3v) is 4.35. The van der Waals surface area contributed by atoms with Crippen molar-refractivity contribution in [3.63, 3.8) is 0 Å². The minimum atomic E-state index is -0.176. The summed E-state index contributed by atoms with van der Waals surface area (Å²) in [4.78, 5) is 22.2. The van der Waals surface area contributed by atoms with Gasteiger partial charge >= 0.3 is 0 Å². The van der Waals surface area contributed by atoms with Gasteiger partial charge in [-0.1, -0.05) is 0 Å². The third-order valence-electron chi connectivity index (χ3n) is 4.35. The Morgan fingerprint density at radius 1 is 1.29 bits per heavy atom. The lowest BCUT2D eigenvalue weighted by Crippen LogP contribution is -2.47. The Morgan fingerprint density at radius 3 is 2.71 bits per heavy atom. The summed E-state index contributed by atoms with van der Waals surface area (Å²) < 4.78 is 16.2. The van der Waals surface area contributed by atoms with Gasteiger partial charge in [-0.05, 0) is 19.9 Å². The van der Waals surface area contributed by atoms with Crippen LogP contribution in [0, 0.1) is 0 Å². The largest absolute Gasteiger partial charge is 0.493 e. The molecule has 1 fully saturated rings. The van der Waals surface area contributed by atoms with Gasteiger partial charge in [0.05, 0.1) is 44.4 Å². The Kier molecular flexibility index (Phi) is 4.73. The number of aromatic amines is 1. The zero-order valence-electron chi connectivity index (χ0n) is 14.5. The molecule has 0 unspecified atom stereocenters. The van der Waals surface area contributed by atoms with Crippen molar-refractivity contribution in [1.82, 2.24) is 14.9 Å². The average molecular weight is 333 g/mol. The summed E-state index contributed by atoms with van der Waals surface area (Å²) in [5, 5.41) is 0.486. The van der Waals surface area contributed by atoms with E-state index in [4.69, 9.17) is 14.2 Å². The molecule has 0 amide bonds. The Hall–Kier alpha value is -2.12. The zero-order valence-corrected chi connectivity index (χ0v) is 14.5. The van der Waals surface area contributed by atoms with Crippen LogP contribution in [0.2, 0.25) is 0 Å². The van der Waals surface area contributed by atoms with Crippen LogP contribution in [-0.4, -0.2) is 54.4 Å². The number of fused-ring (bicyclic) bond motifs is 1. The molecule has 1 aliphatic heterocycles. The maximum atomic E-state index is 12.4. The van der Waals surface area contributed by atoms with Crippen molar-refractivity contribution in [3.8, 4) is 11.5 Å². The van der Waals surface area contributed by atoms with Gasteiger partial charge in [0.2, 0.25) is 0 Å². The van der Waals surface area contributed by atoms with Gasteiger partial charge in [-0.2, -0.15) is 0 Å². The molecule has 0 saturated carbocycles. The fourth-order valence-corrected chi connectivity index (χ4v) is 2.97. The maximum Gasteiger partial charge on any atom is 0.258 e. The fourth-order valence-electron chi connectivity index (χ4n) is 2.97. The van der Waals surface area contributed by atoms with Crippen LogP contribution in [0.4, 0.5) is 0 Å². The number of ether oxygens (including phenoxy) is 3. The monoisotopic (exact) mass is 333 g/mol. The van der Waals surface area contributed by atoms with E-state index in [-0.39, 0.29) is 17.7 Å². The standard InChI is InChI=1S/C17H23N3O4/c1-10-9-24-11(2)7-20(10)8-16-18-13-6-15(23-4)14(22-3)5-12(13)17(21)19-16/h5-6,10-11H,7-9H2,1-4H3,(H,18,19,21)/t10-,11-/m0/s1. The summed E-state index contributed by atoms with van der Waals surface area (Å²) in [6.45, 7) is 6.23. The van der Waals surface area contributed by atoms with Gasteiger partial charge in [0, 0.05) is 18.7 Å². The molecule has 0 bridgehead atoms. The van der Waals surface area contributed by atoms with Gasteiger partial charge < -0.3 is 19.2 Å². The minimum Gasteiger partial charge on any atom is -0.493 e. The Bertz CT molecular complexity index is 789. The highest BCUT2D eigenvalue weighted by Crippen LogP contribution is 2.30. The smallest absolute Gasteiger partial charge is 0.258 e. The number of methoxy groups -OCH3 is 2. The molecule has 0 spiro atoms. The number of hydrogen-bond donors (Lipinski definition) is 1. The first-order valence-corrected chi connectivity index (χ1v) is 8.02. The predicted molar refractivity (Wildman–Crippen MR) is 90.8 cm³/mol. The third kappa shape index (κ3) is 3.22. The number of hydrogen-bond acceptors (Lipinski definition) is 6. The Labute approximate surface area is 140 Å². The molecule has 1 saturated heterocycles. The van der Waals surface area contributed by atoms with E-state index >= 15 is 0 Å². The molecule has 1 aromatic heterocycles. The predicted octanol–water partition coefficient (Wildman–Crippen LogP) is 1.55. The lowest BCUT2D eigenvalue weighted by molar-refractivity contribution is -0.0534. The highest BCUT2D eigenvalue weighted by atomic mass is 16.5. The van der Waals surface area contributed by atoms with Gasteiger partial charge in [0.25, 0.3) is 5.56 Å². The molecule has 2 heterocycles. The van der Waals surface area contributed by atoms with Crippen molar-refractivity contribution in [3.05, 3.63) is 28.3 Å². The van der Waals surface area contributed by atoms with E-state index in [2.05, 4.69) is 21.8 Å². The first-order valence-electron chi connectivity index (χ1n) is 8.02. The first-order chi connectivity index (χ1) is 11.5. The van der Waals surface area contributed by atoms with E-state index in [1.54, 1.807) is 26.4 Å². The molecule has 0 aliphatic carbocycles. The minimum absolute atomic E-state index is 0.176. The highest BCUT2D eigenvalue weighted by Gasteiger charge is 2.24. The van der Waals surface area contributed by atoms with Crippen LogP contribution in [0.5, 0.6) is 11.5 Å². The molecule has 2 aromatic rings. The van der Waals surface area contributed by atoms with Crippen molar-refractivity contribution in [1.29, 1.82) is 0 Å². The number of aromatic nitrogens is 2. The summed E-state index contributed by atoms with van der Waals surface area (Å²) in [5.74, 6) is 1.71. The van der Waals surface area contributed by atoms with Gasteiger partial charge in [-0.15, -0.1) is 0 Å². The molecule has 1 aliphatic rings. The molecule has 24 heavy (non-hydrogen) atoms. The lowest BCUT2D eigenvalue weighted by Gasteiger charge is -2.36. The summed E-state index contributed by atoms with van der Waals surface area (Å²) in [7, 11) is 3.11. The normalized spacial score (nSPS) is 21.8. The number of rotatable bonds is 4. The van der Waals surface area contributed by atoms with Crippen molar-refractivity contribution in [2.24, 2.45) is 0 Å². The van der Waals surface area contributed by atoms with Gasteiger partial charge in [0.15, 0.2) is 11.5 Å². The molecular weight excluding hydrogens is 310 g/mol. The molecule has 130 valence electrons. The maximum absolute atomic E-state index is 12.4. The summed E-state index contributed by atoms with van der Waals surface area (Å²) in [5.41, 5.74) is 0.422. The van der Waals surface area contributed by atoms with Crippen LogP contribution in [0.1, 0.15) is 19.7 Å². The van der Waals surface area contributed by atoms with Crippen molar-refractivity contribution in [2.75, 3.05) is 27.4 Å². The Balaban J connectivity index is 1.96. The van der Waals surface area contributed by atoms with Crippen LogP contribution in [0.3, 0.4) is 0 Å². The van der Waals surface area contributed by atoms with Gasteiger partial charge in [0.1, 0.15) is 5.82 Å². The van der Waals surface area contributed by atoms with E-state index in [9.17, 15) is 4.79 Å². The highest BCUT2D eigenvalue weighted by molar-refractivity contribution is 5.81. The summed E-state index contributed by atoms with van der Waals surface area (Å²) >= 11 is 0. The fraction of sp³-hybridized carbons (Fsp3) is 0.529. The molecule has 3 rings (SSSR count). The van der Waals surface area contributed by atoms with Crippen molar-refractivity contribution >= 4 is 10.9 Å². The zero-order chi connectivity index (χ0) is 17.3. The molecule has 7 heteroatoms. The molecular formula is C17H23N3O4. The number of H-pyrrole nitrogens is 1. The second-order valence-electron chi connectivity index (χ2n) is 6.16. The quantitative estimate of drug-likeness (QED) is 0.915. The Morgan fingerprint density at radius 2 is 2.00 bits per heavy atom. The van der Waals surface area contributed by atoms with Crippen LogP contribution in [0.15, 0.2) is 16.9 Å². The van der Waals surface area contributed by atoms with E-state index < -0.39 is 0 Å². The second-order valence-corrected chi connectivity index (χ2v) is 6.16. The number of morpholine rings is 1. The first kappa shape index (κ1) is 16.7. The number of benzene rings is 1. The molecule has 0 radical (unpaired) electrons. The van der Waals surface area contributed by atoms with Gasteiger partial charge in [-0.25, -0.2) is 4.98 Å². The molecule has 7 nitrogen and oxygen atoms in total. The van der Waals surface area contributed by atoms with E-state index in [0.29, 0.717) is 41.4 Å². The van der Waals surface area contributed by atoms with Crippen molar-refractivity contribution < 1.29 is 14.2 Å². The molecule has 1 aromatic carbocycles. The lowest BCUT2D eigenvalue weighted by atomic mass is 10.2. The van der Waals surface area contributed by atoms with E-state index in [1.165, 1.54) is 0 Å². The van der Waals surface area contributed by atoms with Crippen LogP contribution >= 0.6 is 0 Å². The number of nitrogens with zero attached hydrogens (tertiary/aromatic N) is 2. The SMILES string of the molecule is COc1cc2nc(CN3C[C@H](C)OC[C@@H]3C)[nH]c(=O)c2cc1OC. The summed E-state index contributed by atoms with van der Waals surface area (Å²) in [6, 6.07) is 3.68. The molecule has 1 N–H and O–H groups in total. The number of nitrogens with one attached hydrogen (secondary N) is 1. The van der Waals surface area contributed by atoms with E-state index in [1.807, 2.05) is 6.92 Å². The summed E-state index contributed by atoms with van der Waals surface area (Å²) in [6.07, 6.45) is 0.178. The van der Waals surface area contributed by atoms with Gasteiger partial charge in [-0.3, -0.25) is 9.69 Å². The van der Waals surface area contributed by atoms with Crippen LogP contribution in [-0.2, 0) is 11.3 Å². The van der Waals surface area contributed by atoms with Crippen molar-refractivity contribution in [2.45, 2.75) is 32.5 Å². The average Bonchev–Trinajstić information content (AvgIpc) is 2.57. The van der Waals surface area contributed by atoms with E-state index in [0.717, 1.165) is 6.54 Å². The second kappa shape index (κ2) is 6.78. The molecule has 2 atom stereocenters. The topological polar surface area (TPSA) is 76.7 Å². The van der Waals surface area contributed by atoms with Crippen LogP contribution < -0.4 is 15.0 Å². The van der Waals surface area contributed by atoms with Crippen LogP contribution in [0.25, 0.3) is 10.9 Å².